The number of carbonyl (C=O) groups is 2. The number of methoxy groups -OCH3 is 1. The number of amides is 2. The summed E-state index contributed by atoms with van der Waals surface area (Å²) in [5, 5.41) is 1.09. The van der Waals surface area contributed by atoms with Crippen LogP contribution in [0.2, 0.25) is 5.02 Å². The molecular formula is C21H21ClN2O4S. The van der Waals surface area contributed by atoms with Crippen molar-refractivity contribution in [2.45, 2.75) is 19.8 Å². The molecule has 1 heterocycles. The highest BCUT2D eigenvalue weighted by Crippen LogP contribution is 2.37. The van der Waals surface area contributed by atoms with E-state index in [0.29, 0.717) is 21.4 Å². The number of hydrogen-bond acceptors (Lipinski definition) is 5. The molecule has 2 amide bonds. The third-order valence-electron chi connectivity index (χ3n) is 4.26. The van der Waals surface area contributed by atoms with Gasteiger partial charge in [-0.05, 0) is 35.7 Å². The summed E-state index contributed by atoms with van der Waals surface area (Å²) < 4.78 is 11.6. The number of rotatable bonds is 6. The molecule has 3 aromatic rings. The first-order chi connectivity index (χ1) is 13.9. The SMILES string of the molecule is COc1ccc2c(Cl)c(C(=O)NNC(=O)COc3ccccc3C(C)C)sc2c1. The average Bonchev–Trinajstić information content (AvgIpc) is 3.06. The second kappa shape index (κ2) is 9.15. The number of hydrazine groups is 1. The highest BCUT2D eigenvalue weighted by molar-refractivity contribution is 7.21. The van der Waals surface area contributed by atoms with Crippen molar-refractivity contribution in [2.75, 3.05) is 13.7 Å². The molecule has 2 N–H and O–H groups in total. The van der Waals surface area contributed by atoms with Crippen LogP contribution >= 0.6 is 22.9 Å². The Morgan fingerprint density at radius 1 is 1.14 bits per heavy atom. The minimum Gasteiger partial charge on any atom is -0.497 e. The van der Waals surface area contributed by atoms with Gasteiger partial charge in [0.2, 0.25) is 0 Å². The van der Waals surface area contributed by atoms with E-state index in [4.69, 9.17) is 21.1 Å². The number of carbonyl (C=O) groups excluding carboxylic acids is 2. The Balaban J connectivity index is 1.60. The number of para-hydroxylation sites is 1. The van der Waals surface area contributed by atoms with E-state index in [0.717, 1.165) is 15.6 Å². The van der Waals surface area contributed by atoms with E-state index in [1.165, 1.54) is 11.3 Å². The lowest BCUT2D eigenvalue weighted by Gasteiger charge is -2.13. The summed E-state index contributed by atoms with van der Waals surface area (Å²) in [7, 11) is 1.57. The maximum atomic E-state index is 12.4. The number of thiophene rings is 1. The zero-order chi connectivity index (χ0) is 21.0. The van der Waals surface area contributed by atoms with Crippen molar-refractivity contribution in [2.24, 2.45) is 0 Å². The van der Waals surface area contributed by atoms with E-state index in [2.05, 4.69) is 10.9 Å². The maximum absolute atomic E-state index is 12.4. The van der Waals surface area contributed by atoms with Crippen LogP contribution in [0.25, 0.3) is 10.1 Å². The summed E-state index contributed by atoms with van der Waals surface area (Å²) in [6.07, 6.45) is 0. The lowest BCUT2D eigenvalue weighted by molar-refractivity contribution is -0.123. The van der Waals surface area contributed by atoms with Gasteiger partial charge in [0.15, 0.2) is 6.61 Å². The van der Waals surface area contributed by atoms with Crippen LogP contribution in [0.15, 0.2) is 42.5 Å². The average molecular weight is 433 g/mol. The van der Waals surface area contributed by atoms with Crippen LogP contribution in [0, 0.1) is 0 Å². The Labute approximate surface area is 177 Å². The Hall–Kier alpha value is -2.77. The number of fused-ring (bicyclic) bond motifs is 1. The minimum atomic E-state index is -0.494. The Morgan fingerprint density at radius 2 is 1.90 bits per heavy atom. The smallest absolute Gasteiger partial charge is 0.281 e. The van der Waals surface area contributed by atoms with Gasteiger partial charge in [0, 0.05) is 10.1 Å². The number of ether oxygens (including phenoxy) is 2. The summed E-state index contributed by atoms with van der Waals surface area (Å²) in [6, 6.07) is 12.9. The number of halogens is 1. The van der Waals surface area contributed by atoms with Gasteiger partial charge in [0.05, 0.1) is 12.1 Å². The predicted octanol–water partition coefficient (Wildman–Crippen LogP) is 4.53. The first kappa shape index (κ1) is 21.0. The Bertz CT molecular complexity index is 1050. The zero-order valence-corrected chi connectivity index (χ0v) is 17.8. The van der Waals surface area contributed by atoms with Gasteiger partial charge in [0.25, 0.3) is 11.8 Å². The van der Waals surface area contributed by atoms with Crippen LogP contribution in [-0.2, 0) is 4.79 Å². The fourth-order valence-electron chi connectivity index (χ4n) is 2.77. The normalized spacial score (nSPS) is 10.8. The third-order valence-corrected chi connectivity index (χ3v) is 5.91. The number of nitrogens with one attached hydrogen (secondary N) is 2. The van der Waals surface area contributed by atoms with Crippen LogP contribution < -0.4 is 20.3 Å². The van der Waals surface area contributed by atoms with Crippen LogP contribution in [0.5, 0.6) is 11.5 Å². The topological polar surface area (TPSA) is 76.7 Å². The lowest BCUT2D eigenvalue weighted by Crippen LogP contribution is -2.43. The molecule has 0 saturated carbocycles. The zero-order valence-electron chi connectivity index (χ0n) is 16.2. The van der Waals surface area contributed by atoms with Gasteiger partial charge in [-0.3, -0.25) is 20.4 Å². The molecule has 0 aliphatic heterocycles. The molecule has 0 atom stereocenters. The van der Waals surface area contributed by atoms with Crippen molar-refractivity contribution in [3.8, 4) is 11.5 Å². The quantitative estimate of drug-likeness (QED) is 0.561. The van der Waals surface area contributed by atoms with Crippen LogP contribution in [0.4, 0.5) is 0 Å². The largest absolute Gasteiger partial charge is 0.497 e. The van der Waals surface area contributed by atoms with Crippen molar-refractivity contribution in [3.05, 3.63) is 57.9 Å². The second-order valence-corrected chi connectivity index (χ2v) is 8.02. The van der Waals surface area contributed by atoms with Gasteiger partial charge >= 0.3 is 0 Å². The van der Waals surface area contributed by atoms with Crippen LogP contribution in [-0.4, -0.2) is 25.5 Å². The molecule has 3 rings (SSSR count). The van der Waals surface area contributed by atoms with Crippen molar-refractivity contribution >= 4 is 44.8 Å². The van der Waals surface area contributed by atoms with E-state index in [1.54, 1.807) is 25.3 Å². The van der Waals surface area contributed by atoms with Crippen LogP contribution in [0.3, 0.4) is 0 Å². The molecule has 0 aliphatic rings. The molecule has 6 nitrogen and oxygen atoms in total. The van der Waals surface area contributed by atoms with E-state index in [-0.39, 0.29) is 12.5 Å². The molecule has 0 aliphatic carbocycles. The van der Waals surface area contributed by atoms with Gasteiger partial charge in [-0.1, -0.05) is 43.6 Å². The van der Waals surface area contributed by atoms with Gasteiger partial charge in [0.1, 0.15) is 16.4 Å². The molecule has 0 unspecified atom stereocenters. The molecule has 0 radical (unpaired) electrons. The van der Waals surface area contributed by atoms with E-state index < -0.39 is 11.8 Å². The van der Waals surface area contributed by atoms with E-state index in [1.807, 2.05) is 38.1 Å². The fourth-order valence-corrected chi connectivity index (χ4v) is 4.21. The summed E-state index contributed by atoms with van der Waals surface area (Å²) >= 11 is 7.54. The van der Waals surface area contributed by atoms with Crippen molar-refractivity contribution in [1.82, 2.24) is 10.9 Å². The number of hydrogen-bond donors (Lipinski definition) is 2. The predicted molar refractivity (Wildman–Crippen MR) is 115 cm³/mol. The van der Waals surface area contributed by atoms with Gasteiger partial charge in [-0.15, -0.1) is 11.3 Å². The molecular weight excluding hydrogens is 412 g/mol. The van der Waals surface area contributed by atoms with Crippen LogP contribution in [0.1, 0.15) is 35.0 Å². The van der Waals surface area contributed by atoms with Gasteiger partial charge in [-0.2, -0.15) is 0 Å². The highest BCUT2D eigenvalue weighted by atomic mass is 35.5. The monoisotopic (exact) mass is 432 g/mol. The molecule has 152 valence electrons. The minimum absolute atomic E-state index is 0.221. The molecule has 1 aromatic heterocycles. The molecule has 0 saturated heterocycles. The lowest BCUT2D eigenvalue weighted by atomic mass is 10.0. The molecule has 8 heteroatoms. The maximum Gasteiger partial charge on any atom is 0.281 e. The fraction of sp³-hybridized carbons (Fsp3) is 0.238. The second-order valence-electron chi connectivity index (χ2n) is 6.59. The molecule has 0 bridgehead atoms. The first-order valence-corrected chi connectivity index (χ1v) is 10.2. The van der Waals surface area contributed by atoms with Crippen molar-refractivity contribution < 1.29 is 19.1 Å². The molecule has 0 spiro atoms. The Morgan fingerprint density at radius 3 is 2.62 bits per heavy atom. The third kappa shape index (κ3) is 4.81. The van der Waals surface area contributed by atoms with E-state index >= 15 is 0 Å². The summed E-state index contributed by atoms with van der Waals surface area (Å²) in [4.78, 5) is 24.8. The summed E-state index contributed by atoms with van der Waals surface area (Å²) in [5.41, 5.74) is 5.74. The summed E-state index contributed by atoms with van der Waals surface area (Å²) in [5.74, 6) is 0.615. The van der Waals surface area contributed by atoms with Gasteiger partial charge < -0.3 is 9.47 Å². The highest BCUT2D eigenvalue weighted by Gasteiger charge is 2.18. The number of benzene rings is 2. The molecule has 2 aromatic carbocycles. The van der Waals surface area contributed by atoms with Crippen molar-refractivity contribution in [1.29, 1.82) is 0 Å². The van der Waals surface area contributed by atoms with E-state index in [9.17, 15) is 9.59 Å². The van der Waals surface area contributed by atoms with Gasteiger partial charge in [-0.25, -0.2) is 0 Å². The molecule has 0 fully saturated rings. The van der Waals surface area contributed by atoms with Crippen molar-refractivity contribution in [3.63, 3.8) is 0 Å². The first-order valence-electron chi connectivity index (χ1n) is 8.97. The Kier molecular flexibility index (Phi) is 6.61. The standard InChI is InChI=1S/C21H21ClN2O4S/c1-12(2)14-6-4-5-7-16(14)28-11-18(25)23-24-21(26)20-19(22)15-9-8-13(27-3)10-17(15)29-20/h4-10,12H,11H2,1-3H3,(H,23,25)(H,24,26). The molecule has 29 heavy (non-hydrogen) atoms. The summed E-state index contributed by atoms with van der Waals surface area (Å²) in [6.45, 7) is 3.88.